The van der Waals surface area contributed by atoms with Gasteiger partial charge in [-0.1, -0.05) is 6.07 Å². The summed E-state index contributed by atoms with van der Waals surface area (Å²) in [7, 11) is 1.27. The standard InChI is InChI=1S/C49H60O29/c1-68-26-9-18(4-5-21(26)54)44-27(12-20-24(70-44)10-19(53)11-25(20)72-47-42(66)38(62)34(58)29(14-51)75-47)73-49-45(78-48-43(67)39(63)35(59)30(15-52)76-48)40(64)36(60)31(77-49)16-69-32(56)7-3-17-2-6-23(22(55)8-17)71-46-41(65)37(61)33(57)28(13-50)74-46/h2-12,28-31,33-55,57-67H,13-16H2,1H3/p+1/b7-3+/t28-,29-,30+,31-,33-,34-,35-,36-,37+,38+,39+,40+,41-,42+,43-,44?,45-,46-,47-,48+,49-/m1/s1. The van der Waals surface area contributed by atoms with Gasteiger partial charge >= 0.3 is 5.97 Å². The van der Waals surface area contributed by atoms with Crippen molar-refractivity contribution in [2.75, 3.05) is 33.5 Å². The topological polar surface area (TPSA) is 466 Å². The molecule has 0 aliphatic carbocycles. The van der Waals surface area contributed by atoms with Crippen molar-refractivity contribution in [3.05, 3.63) is 77.1 Å². The number of carbonyl (C=O) groups is 1. The first kappa shape index (κ1) is 58.4. The lowest BCUT2D eigenvalue weighted by molar-refractivity contribution is -0.364. The van der Waals surface area contributed by atoms with E-state index < -0.39 is 173 Å². The number of methoxy groups -OCH3 is 1. The maximum Gasteiger partial charge on any atom is 0.330 e. The molecule has 18 N–H and O–H groups in total. The summed E-state index contributed by atoms with van der Waals surface area (Å²) >= 11 is 0. The molecule has 3 aromatic carbocycles. The van der Waals surface area contributed by atoms with E-state index in [1.165, 1.54) is 55.7 Å². The summed E-state index contributed by atoms with van der Waals surface area (Å²) in [5.41, 5.74) is 0.388. The molecule has 5 heterocycles. The number of carbonyl (C=O) groups excluding carboxylic acids is 1. The fourth-order valence-electron chi connectivity index (χ4n) is 9.02. The van der Waals surface area contributed by atoms with Gasteiger partial charge in [0.1, 0.15) is 115 Å². The molecular formula is C49H61O29+. The van der Waals surface area contributed by atoms with E-state index in [0.717, 1.165) is 18.2 Å². The molecule has 5 aliphatic rings. The van der Waals surface area contributed by atoms with Crippen molar-refractivity contribution < 1.29 is 144 Å². The summed E-state index contributed by atoms with van der Waals surface area (Å²) in [5.74, 6) is -3.20. The van der Waals surface area contributed by atoms with E-state index in [1.54, 1.807) is 0 Å². The lowest BCUT2D eigenvalue weighted by atomic mass is 9.97. The normalized spacial score (nSPS) is 36.9. The first-order valence-corrected chi connectivity index (χ1v) is 24.1. The molecule has 1 unspecified atom stereocenters. The Morgan fingerprint density at radius 3 is 1.69 bits per heavy atom. The monoisotopic (exact) mass is 1110 g/mol. The zero-order valence-corrected chi connectivity index (χ0v) is 40.8. The van der Waals surface area contributed by atoms with Crippen LogP contribution in [-0.2, 0) is 38.0 Å². The van der Waals surface area contributed by atoms with E-state index in [0.29, 0.717) is 0 Å². The van der Waals surface area contributed by atoms with Crippen LogP contribution in [0.5, 0.6) is 40.2 Å². The summed E-state index contributed by atoms with van der Waals surface area (Å²) in [6, 6.07) is 10.00. The Hall–Kier alpha value is -5.75. The summed E-state index contributed by atoms with van der Waals surface area (Å²) in [5, 5.41) is 179. The van der Waals surface area contributed by atoms with E-state index in [1.807, 2.05) is 0 Å². The molecule has 0 aromatic heterocycles. The highest BCUT2D eigenvalue weighted by Crippen LogP contribution is 2.48. The van der Waals surface area contributed by atoms with Gasteiger partial charge in [-0.25, -0.2) is 4.79 Å². The van der Waals surface area contributed by atoms with E-state index in [2.05, 4.69) is 0 Å². The smallest absolute Gasteiger partial charge is 0.330 e. The second-order valence-corrected chi connectivity index (χ2v) is 18.6. The van der Waals surface area contributed by atoms with Crippen molar-refractivity contribution >= 4 is 18.1 Å². The Labute approximate surface area is 440 Å². The molecule has 78 heavy (non-hydrogen) atoms. The number of aromatic hydroxyl groups is 4. The van der Waals surface area contributed by atoms with Gasteiger partial charge in [-0.3, -0.25) is 0 Å². The number of hydrogen-bond donors (Lipinski definition) is 17. The molecule has 0 spiro atoms. The Bertz CT molecular complexity index is 2590. The third kappa shape index (κ3) is 12.2. The Morgan fingerprint density at radius 1 is 0.564 bits per heavy atom. The van der Waals surface area contributed by atoms with Crippen molar-refractivity contribution in [2.45, 2.75) is 129 Å². The average Bonchev–Trinajstić information content (AvgIpc) is 3.44. The third-order valence-corrected chi connectivity index (χ3v) is 13.5. The summed E-state index contributed by atoms with van der Waals surface area (Å²) in [6.07, 6.45) is -34.0. The Kier molecular flexibility index (Phi) is 18.5. The molecule has 4 fully saturated rings. The second kappa shape index (κ2) is 24.7. The number of aliphatic hydroxyl groups excluding tert-OH is 14. The molecule has 4 saturated heterocycles. The minimum absolute atomic E-state index is 0.0152. The van der Waals surface area contributed by atoms with Crippen LogP contribution in [-0.4, -0.2) is 254 Å². The third-order valence-electron chi connectivity index (χ3n) is 13.5. The van der Waals surface area contributed by atoms with Crippen molar-refractivity contribution in [3.63, 3.8) is 0 Å². The first-order chi connectivity index (χ1) is 37.2. The maximum absolute atomic E-state index is 13.2. The Morgan fingerprint density at radius 2 is 1.12 bits per heavy atom. The van der Waals surface area contributed by atoms with Crippen LogP contribution in [0.15, 0.2) is 60.4 Å². The largest absolute Gasteiger partial charge is 0.571 e. The fourth-order valence-corrected chi connectivity index (χ4v) is 9.02. The van der Waals surface area contributed by atoms with Gasteiger partial charge in [0, 0.05) is 18.2 Å². The summed E-state index contributed by atoms with van der Waals surface area (Å²) in [6.45, 7) is -3.25. The van der Waals surface area contributed by atoms with Crippen molar-refractivity contribution in [3.8, 4) is 40.2 Å². The molecule has 8 rings (SSSR count). The molecule has 5 aliphatic heterocycles. The van der Waals surface area contributed by atoms with Gasteiger partial charge in [0.05, 0.1) is 38.6 Å². The summed E-state index contributed by atoms with van der Waals surface area (Å²) < 4.78 is 61.8. The van der Waals surface area contributed by atoms with Gasteiger partial charge < -0.3 is 139 Å². The molecule has 3 aromatic rings. The SMILES string of the molecule is COc1cc(C2[OH+]c3cc(O)cc(O[C@@H]4O[C@H](CO)[C@@H](O)[C@H](O)[C@@H]4O)c3C=C2O[C@@H]2O[C@H](COC(=O)/C=C/c3ccc(O[C@@H]4O[C@H](CO)[C@@H](O)[C@H](O)[C@H]4O)c(O)c3)[C@@H](O)[C@H](O)[C@H]2O[C@@H]2O[C@@H](CO)[C@@H](O)[C@H](O)[C@H]2O)ccc1O. The second-order valence-electron chi connectivity index (χ2n) is 18.6. The van der Waals surface area contributed by atoms with Crippen LogP contribution in [0.4, 0.5) is 0 Å². The zero-order chi connectivity index (χ0) is 56.4. The van der Waals surface area contributed by atoms with Crippen LogP contribution in [0.2, 0.25) is 0 Å². The van der Waals surface area contributed by atoms with Crippen LogP contribution in [0.3, 0.4) is 0 Å². The average molecular weight is 1110 g/mol. The molecule has 0 amide bonds. The predicted octanol–water partition coefficient (Wildman–Crippen LogP) is -5.59. The minimum atomic E-state index is -2.12. The highest BCUT2D eigenvalue weighted by atomic mass is 16.8. The summed E-state index contributed by atoms with van der Waals surface area (Å²) in [4.78, 5) is 13.2. The number of phenolic OH excluding ortho intramolecular Hbond substituents is 3. The molecule has 21 atom stereocenters. The molecule has 29 heteroatoms. The van der Waals surface area contributed by atoms with Gasteiger partial charge in [0.2, 0.25) is 18.9 Å². The van der Waals surface area contributed by atoms with E-state index >= 15 is 0 Å². The van der Waals surface area contributed by atoms with Crippen LogP contribution >= 0.6 is 0 Å². The number of aliphatic hydroxyl groups is 15. The van der Waals surface area contributed by atoms with Crippen molar-refractivity contribution in [2.24, 2.45) is 0 Å². The highest BCUT2D eigenvalue weighted by molar-refractivity contribution is 5.87. The number of ether oxygens (including phenoxy) is 11. The highest BCUT2D eigenvalue weighted by Gasteiger charge is 2.53. The van der Waals surface area contributed by atoms with Crippen LogP contribution in [0.1, 0.15) is 22.8 Å². The van der Waals surface area contributed by atoms with E-state index in [9.17, 15) is 91.6 Å². The van der Waals surface area contributed by atoms with E-state index in [-0.39, 0.29) is 51.2 Å². The number of rotatable bonds is 17. The number of benzene rings is 3. The number of hydrogen-bond acceptors (Lipinski definition) is 28. The Balaban J connectivity index is 1.08. The van der Waals surface area contributed by atoms with Crippen LogP contribution < -0.4 is 14.2 Å². The number of esters is 1. The molecular weight excluding hydrogens is 1050 g/mol. The number of phenols is 3. The zero-order valence-electron chi connectivity index (χ0n) is 40.8. The molecule has 0 bridgehead atoms. The number of fused-ring (bicyclic) bond motifs is 1. The van der Waals surface area contributed by atoms with E-state index in [4.69, 9.17) is 52.1 Å². The molecule has 430 valence electrons. The molecule has 29 nitrogen and oxygen atoms in total. The van der Waals surface area contributed by atoms with Crippen molar-refractivity contribution in [1.29, 1.82) is 0 Å². The lowest BCUT2D eigenvalue weighted by Gasteiger charge is -2.46. The minimum Gasteiger partial charge on any atom is -0.571 e. The van der Waals surface area contributed by atoms with Gasteiger partial charge in [-0.2, -0.15) is 0 Å². The fraction of sp³-hybridized carbons (Fsp3) is 0.531. The van der Waals surface area contributed by atoms with Crippen LogP contribution in [0, 0.1) is 0 Å². The van der Waals surface area contributed by atoms with Gasteiger partial charge in [0.25, 0.3) is 11.9 Å². The van der Waals surface area contributed by atoms with Crippen molar-refractivity contribution in [1.82, 2.24) is 0 Å². The van der Waals surface area contributed by atoms with Gasteiger partial charge in [0.15, 0.2) is 41.2 Å². The lowest BCUT2D eigenvalue weighted by Crippen LogP contribution is -2.64. The van der Waals surface area contributed by atoms with Gasteiger partial charge in [-0.05, 0) is 42.0 Å². The molecule has 0 saturated carbocycles. The van der Waals surface area contributed by atoms with Gasteiger partial charge in [-0.15, -0.1) is 0 Å². The first-order valence-electron chi connectivity index (χ1n) is 24.1. The predicted molar refractivity (Wildman–Crippen MR) is 252 cm³/mol. The maximum atomic E-state index is 13.2. The quantitative estimate of drug-likeness (QED) is 0.0340. The molecule has 0 radical (unpaired) electrons. The van der Waals surface area contributed by atoms with Crippen LogP contribution in [0.25, 0.3) is 12.2 Å².